The Labute approximate surface area is 169 Å². The van der Waals surface area contributed by atoms with Crippen molar-refractivity contribution in [2.45, 2.75) is 31.1 Å². The Balaban J connectivity index is 1.81. The molecule has 1 amide bonds. The summed E-state index contributed by atoms with van der Waals surface area (Å²) in [6.07, 6.45) is 3.42. The van der Waals surface area contributed by atoms with Gasteiger partial charge in [-0.15, -0.1) is 11.3 Å². The van der Waals surface area contributed by atoms with Gasteiger partial charge in [0.15, 0.2) is 15.0 Å². The van der Waals surface area contributed by atoms with Crippen molar-refractivity contribution < 1.29 is 13.2 Å². The third kappa shape index (κ3) is 5.50. The Morgan fingerprint density at radius 2 is 1.89 bits per heavy atom. The zero-order valence-electron chi connectivity index (χ0n) is 15.7. The van der Waals surface area contributed by atoms with Crippen molar-refractivity contribution in [3.63, 3.8) is 0 Å². The lowest BCUT2D eigenvalue weighted by Gasteiger charge is -2.05. The minimum Gasteiger partial charge on any atom is -0.302 e. The highest BCUT2D eigenvalue weighted by atomic mass is 32.2. The van der Waals surface area contributed by atoms with Gasteiger partial charge in [0, 0.05) is 24.5 Å². The predicted molar refractivity (Wildman–Crippen MR) is 111 cm³/mol. The largest absolute Gasteiger partial charge is 0.302 e. The zero-order chi connectivity index (χ0) is 20.1. The fourth-order valence-electron chi connectivity index (χ4n) is 2.81. The van der Waals surface area contributed by atoms with Crippen LogP contribution >= 0.6 is 11.3 Å². The first-order chi connectivity index (χ1) is 13.3. The van der Waals surface area contributed by atoms with E-state index >= 15 is 0 Å². The van der Waals surface area contributed by atoms with Gasteiger partial charge in [0.05, 0.1) is 10.6 Å². The molecule has 1 N–H and O–H groups in total. The summed E-state index contributed by atoms with van der Waals surface area (Å²) in [5, 5.41) is 3.35. The molecule has 1 heterocycles. The van der Waals surface area contributed by atoms with Crippen molar-refractivity contribution >= 4 is 32.2 Å². The molecule has 0 saturated heterocycles. The molecule has 5 nitrogen and oxygen atoms in total. The van der Waals surface area contributed by atoms with Crippen molar-refractivity contribution in [1.82, 2.24) is 4.98 Å². The van der Waals surface area contributed by atoms with Gasteiger partial charge in [-0.05, 0) is 42.2 Å². The van der Waals surface area contributed by atoms with Crippen molar-refractivity contribution in [3.8, 4) is 0 Å². The lowest BCUT2D eigenvalue weighted by atomic mass is 10.1. The summed E-state index contributed by atoms with van der Waals surface area (Å²) in [7, 11) is -3.21. The average Bonchev–Trinajstić information content (AvgIpc) is 3.01. The number of aromatic nitrogens is 1. The highest BCUT2D eigenvalue weighted by molar-refractivity contribution is 7.90. The zero-order valence-corrected chi connectivity index (χ0v) is 17.4. The van der Waals surface area contributed by atoms with Crippen molar-refractivity contribution in [3.05, 3.63) is 76.3 Å². The van der Waals surface area contributed by atoms with Crippen LogP contribution in [0.2, 0.25) is 0 Å². The molecular weight excluding hydrogens is 392 g/mol. The number of nitrogens with one attached hydrogen (secondary N) is 1. The predicted octanol–water partition coefficient (Wildman–Crippen LogP) is 3.68. The molecule has 145 valence electrons. The maximum absolute atomic E-state index is 11.6. The standard InChI is InChI=1S/C21H21N2O3S2/c1-15(24)22-21-23-19(13-10-16-6-4-3-5-7-16)20(27-21)14-17-8-11-18(12-9-17)28(2,25)26/h3-4,6-9,11-12H,10,13-14H2,1-2H3,(H,22,23,24). The number of amides is 1. The molecule has 1 aromatic heterocycles. The van der Waals surface area contributed by atoms with Crippen molar-refractivity contribution in [1.29, 1.82) is 0 Å². The van der Waals surface area contributed by atoms with E-state index in [1.807, 2.05) is 30.3 Å². The Morgan fingerprint density at radius 1 is 1.14 bits per heavy atom. The molecule has 0 aliphatic rings. The van der Waals surface area contributed by atoms with Gasteiger partial charge in [0.2, 0.25) is 5.91 Å². The molecule has 0 spiro atoms. The highest BCUT2D eigenvalue weighted by Crippen LogP contribution is 2.27. The number of anilines is 1. The molecule has 0 aliphatic carbocycles. The van der Waals surface area contributed by atoms with Gasteiger partial charge in [-0.2, -0.15) is 0 Å². The molecule has 0 unspecified atom stereocenters. The summed E-state index contributed by atoms with van der Waals surface area (Å²) in [4.78, 5) is 17.4. The first-order valence-electron chi connectivity index (χ1n) is 8.81. The number of carbonyl (C=O) groups excluding carboxylic acids is 1. The summed E-state index contributed by atoms with van der Waals surface area (Å²) < 4.78 is 23.3. The molecule has 0 atom stereocenters. The van der Waals surface area contributed by atoms with Gasteiger partial charge in [-0.25, -0.2) is 13.4 Å². The van der Waals surface area contributed by atoms with Gasteiger partial charge >= 0.3 is 0 Å². The van der Waals surface area contributed by atoms with E-state index in [0.717, 1.165) is 29.0 Å². The first-order valence-corrected chi connectivity index (χ1v) is 11.5. The molecular formula is C21H21N2O3S2. The maximum atomic E-state index is 11.6. The van der Waals surface area contributed by atoms with Gasteiger partial charge in [0.1, 0.15) is 0 Å². The Morgan fingerprint density at radius 3 is 2.50 bits per heavy atom. The molecule has 2 aromatic carbocycles. The molecule has 1 radical (unpaired) electrons. The van der Waals surface area contributed by atoms with Crippen LogP contribution in [-0.2, 0) is 33.9 Å². The van der Waals surface area contributed by atoms with E-state index in [1.54, 1.807) is 12.1 Å². The average molecular weight is 414 g/mol. The van der Waals surface area contributed by atoms with Gasteiger partial charge < -0.3 is 5.32 Å². The number of hydrogen-bond donors (Lipinski definition) is 1. The van der Waals surface area contributed by atoms with Crippen molar-refractivity contribution in [2.24, 2.45) is 0 Å². The van der Waals surface area contributed by atoms with Crippen LogP contribution in [0.1, 0.15) is 28.6 Å². The molecule has 28 heavy (non-hydrogen) atoms. The summed E-state index contributed by atoms with van der Waals surface area (Å²) in [6.45, 7) is 1.46. The van der Waals surface area contributed by atoms with Gasteiger partial charge in [-0.1, -0.05) is 36.4 Å². The fraction of sp³-hybridized carbons (Fsp3) is 0.238. The fourth-order valence-corrected chi connectivity index (χ4v) is 4.53. The number of rotatable bonds is 7. The Kier molecular flexibility index (Phi) is 6.26. The third-order valence-corrected chi connectivity index (χ3v) is 6.34. The van der Waals surface area contributed by atoms with E-state index in [0.29, 0.717) is 16.4 Å². The van der Waals surface area contributed by atoms with E-state index in [4.69, 9.17) is 0 Å². The van der Waals surface area contributed by atoms with Gasteiger partial charge in [-0.3, -0.25) is 4.79 Å². The van der Waals surface area contributed by atoms with E-state index in [1.165, 1.54) is 30.1 Å². The van der Waals surface area contributed by atoms with Crippen LogP contribution < -0.4 is 5.32 Å². The monoisotopic (exact) mass is 413 g/mol. The minimum atomic E-state index is -3.21. The van der Waals surface area contributed by atoms with Crippen LogP contribution in [0.25, 0.3) is 0 Å². The Bertz CT molecular complexity index is 1060. The smallest absolute Gasteiger partial charge is 0.223 e. The van der Waals surface area contributed by atoms with Crippen LogP contribution in [0.3, 0.4) is 0 Å². The molecule has 0 saturated carbocycles. The van der Waals surface area contributed by atoms with Crippen LogP contribution in [0.4, 0.5) is 5.13 Å². The summed E-state index contributed by atoms with van der Waals surface area (Å²) >= 11 is 1.46. The molecule has 0 bridgehead atoms. The van der Waals surface area contributed by atoms with Crippen LogP contribution in [-0.4, -0.2) is 25.6 Å². The number of thiazole rings is 1. The van der Waals surface area contributed by atoms with E-state index < -0.39 is 9.84 Å². The number of benzene rings is 2. The van der Waals surface area contributed by atoms with E-state index in [-0.39, 0.29) is 5.91 Å². The second kappa shape index (κ2) is 8.67. The van der Waals surface area contributed by atoms with E-state index in [9.17, 15) is 13.2 Å². The Hall–Kier alpha value is -2.51. The number of carbonyl (C=O) groups is 1. The summed E-state index contributed by atoms with van der Waals surface area (Å²) in [6, 6.07) is 17.8. The lowest BCUT2D eigenvalue weighted by molar-refractivity contribution is -0.114. The summed E-state index contributed by atoms with van der Waals surface area (Å²) in [5.41, 5.74) is 3.13. The van der Waals surface area contributed by atoms with E-state index in [2.05, 4.69) is 22.4 Å². The number of nitrogens with zero attached hydrogens (tertiary/aromatic N) is 1. The topological polar surface area (TPSA) is 76.1 Å². The molecule has 0 fully saturated rings. The highest BCUT2D eigenvalue weighted by Gasteiger charge is 2.14. The van der Waals surface area contributed by atoms with Crippen LogP contribution in [0.15, 0.2) is 53.4 Å². The molecule has 7 heteroatoms. The van der Waals surface area contributed by atoms with Crippen LogP contribution in [0.5, 0.6) is 0 Å². The SMILES string of the molecule is CC(=O)Nc1nc(CCc2c[c]ccc2)c(Cc2ccc(S(C)(=O)=O)cc2)s1. The second-order valence-corrected chi connectivity index (χ2v) is 9.67. The quantitative estimate of drug-likeness (QED) is 0.641. The van der Waals surface area contributed by atoms with Crippen molar-refractivity contribution in [2.75, 3.05) is 11.6 Å². The minimum absolute atomic E-state index is 0.151. The van der Waals surface area contributed by atoms with Crippen LogP contribution in [0, 0.1) is 6.07 Å². The maximum Gasteiger partial charge on any atom is 0.223 e. The normalized spacial score (nSPS) is 11.4. The summed E-state index contributed by atoms with van der Waals surface area (Å²) in [5.74, 6) is -0.151. The molecule has 3 rings (SSSR count). The first kappa shape index (κ1) is 20.2. The lowest BCUT2D eigenvalue weighted by Crippen LogP contribution is -2.05. The number of aryl methyl sites for hydroxylation is 2. The third-order valence-electron chi connectivity index (χ3n) is 4.20. The second-order valence-electron chi connectivity index (χ2n) is 6.57. The molecule has 0 aliphatic heterocycles. The van der Waals surface area contributed by atoms with Gasteiger partial charge in [0.25, 0.3) is 0 Å². The number of sulfone groups is 1. The molecule has 3 aromatic rings. The number of hydrogen-bond acceptors (Lipinski definition) is 5.